The number of imide groups is 1. The number of benzene rings is 1. The van der Waals surface area contributed by atoms with Crippen LogP contribution in [0.1, 0.15) is 13.8 Å². The minimum absolute atomic E-state index is 0.290. The Morgan fingerprint density at radius 3 is 2.65 bits per heavy atom. The molecule has 0 atom stereocenters. The fraction of sp³-hybridized carbons (Fsp3) is 0.308. The summed E-state index contributed by atoms with van der Waals surface area (Å²) in [6.45, 7) is 2.80. The predicted octanol–water partition coefficient (Wildman–Crippen LogP) is 1.09. The topological polar surface area (TPSA) is 78.5 Å². The van der Waals surface area contributed by atoms with Gasteiger partial charge in [-0.15, -0.1) is 0 Å². The van der Waals surface area contributed by atoms with E-state index in [0.29, 0.717) is 5.69 Å². The van der Waals surface area contributed by atoms with Gasteiger partial charge >= 0.3 is 6.03 Å². The van der Waals surface area contributed by atoms with E-state index in [1.165, 1.54) is 18.2 Å². The zero-order chi connectivity index (χ0) is 14.9. The summed E-state index contributed by atoms with van der Waals surface area (Å²) in [7, 11) is 0. The quantitative estimate of drug-likeness (QED) is 0.813. The van der Waals surface area contributed by atoms with E-state index in [1.807, 2.05) is 0 Å². The first kappa shape index (κ1) is 14.0. The van der Waals surface area contributed by atoms with E-state index in [-0.39, 0.29) is 6.54 Å². The molecule has 0 aromatic heterocycles. The highest BCUT2D eigenvalue weighted by Crippen LogP contribution is 2.20. The van der Waals surface area contributed by atoms with Crippen molar-refractivity contribution in [3.63, 3.8) is 0 Å². The lowest BCUT2D eigenvalue weighted by Gasteiger charge is -2.27. The number of hydrogen-bond donors (Lipinski definition) is 2. The van der Waals surface area contributed by atoms with Gasteiger partial charge in [0, 0.05) is 5.69 Å². The van der Waals surface area contributed by atoms with E-state index in [9.17, 15) is 18.8 Å². The summed E-state index contributed by atoms with van der Waals surface area (Å²) in [6.07, 6.45) is 0. The molecule has 1 saturated heterocycles. The fourth-order valence-corrected chi connectivity index (χ4v) is 1.87. The van der Waals surface area contributed by atoms with Crippen LogP contribution in [0.4, 0.5) is 14.9 Å². The lowest BCUT2D eigenvalue weighted by Crippen LogP contribution is -2.47. The third-order valence-electron chi connectivity index (χ3n) is 3.11. The van der Waals surface area contributed by atoms with Crippen LogP contribution >= 0.6 is 0 Å². The Morgan fingerprint density at radius 1 is 1.40 bits per heavy atom. The molecule has 0 bridgehead atoms. The van der Waals surface area contributed by atoms with Crippen molar-refractivity contribution in [2.45, 2.75) is 19.4 Å². The van der Waals surface area contributed by atoms with Gasteiger partial charge < -0.3 is 10.2 Å². The molecule has 4 amide bonds. The van der Waals surface area contributed by atoms with Gasteiger partial charge in [-0.3, -0.25) is 14.9 Å². The molecule has 1 aromatic rings. The minimum Gasteiger partial charge on any atom is -0.324 e. The smallest absolute Gasteiger partial charge is 0.324 e. The van der Waals surface area contributed by atoms with Crippen LogP contribution in [0, 0.1) is 5.82 Å². The van der Waals surface area contributed by atoms with E-state index in [2.05, 4.69) is 10.6 Å². The molecule has 1 aromatic carbocycles. The van der Waals surface area contributed by atoms with E-state index >= 15 is 0 Å². The molecule has 0 aliphatic carbocycles. The number of anilines is 1. The van der Waals surface area contributed by atoms with Crippen molar-refractivity contribution in [1.29, 1.82) is 0 Å². The highest BCUT2D eigenvalue weighted by molar-refractivity contribution is 6.08. The number of hydrogen-bond acceptors (Lipinski definition) is 3. The number of carbonyl (C=O) groups excluding carboxylic acids is 3. The lowest BCUT2D eigenvalue weighted by molar-refractivity contribution is -0.126. The van der Waals surface area contributed by atoms with Crippen LogP contribution in [0.2, 0.25) is 0 Å². The average molecular weight is 279 g/mol. The Bertz CT molecular complexity index is 586. The standard InChI is InChI=1S/C13H14FN3O3/c1-13(2)11(19)16-12(20)17(13)7-10(18)15-9-5-3-4-8(14)6-9/h3-6H,7H2,1-2H3,(H,15,18)(H,16,19,20). The number of halogens is 1. The van der Waals surface area contributed by atoms with Crippen molar-refractivity contribution in [2.75, 3.05) is 11.9 Å². The summed E-state index contributed by atoms with van der Waals surface area (Å²) < 4.78 is 13.0. The number of carbonyl (C=O) groups is 3. The van der Waals surface area contributed by atoms with Crippen LogP contribution in [0.15, 0.2) is 24.3 Å². The third kappa shape index (κ3) is 2.61. The van der Waals surface area contributed by atoms with E-state index in [4.69, 9.17) is 0 Å². The molecule has 1 fully saturated rings. The molecular weight excluding hydrogens is 265 g/mol. The summed E-state index contributed by atoms with van der Waals surface area (Å²) in [5, 5.41) is 4.61. The Kier molecular flexibility index (Phi) is 3.44. The highest BCUT2D eigenvalue weighted by Gasteiger charge is 2.46. The maximum atomic E-state index is 13.0. The van der Waals surface area contributed by atoms with Crippen molar-refractivity contribution in [3.8, 4) is 0 Å². The second-order valence-corrected chi connectivity index (χ2v) is 4.96. The Labute approximate surface area is 114 Å². The average Bonchev–Trinajstić information content (AvgIpc) is 2.52. The molecule has 2 rings (SSSR count). The summed E-state index contributed by atoms with van der Waals surface area (Å²) in [5.74, 6) is -1.44. The van der Waals surface area contributed by atoms with E-state index in [1.54, 1.807) is 13.8 Å². The first-order valence-electron chi connectivity index (χ1n) is 5.99. The molecule has 0 unspecified atom stereocenters. The summed E-state index contributed by atoms with van der Waals surface area (Å²) in [6, 6.07) is 4.79. The molecule has 1 aliphatic rings. The minimum atomic E-state index is -1.09. The van der Waals surface area contributed by atoms with E-state index in [0.717, 1.165) is 11.0 Å². The molecule has 106 valence electrons. The summed E-state index contributed by atoms with van der Waals surface area (Å²) in [4.78, 5) is 36.1. The maximum absolute atomic E-state index is 13.0. The van der Waals surface area contributed by atoms with Crippen LogP contribution in [0.5, 0.6) is 0 Å². The summed E-state index contributed by atoms with van der Waals surface area (Å²) in [5.41, 5.74) is -0.796. The van der Waals surface area contributed by atoms with Crippen molar-refractivity contribution in [3.05, 3.63) is 30.1 Å². The van der Waals surface area contributed by atoms with Crippen LogP contribution in [0.3, 0.4) is 0 Å². The Morgan fingerprint density at radius 2 is 2.10 bits per heavy atom. The molecule has 1 aliphatic heterocycles. The van der Waals surface area contributed by atoms with Gasteiger partial charge in [-0.2, -0.15) is 0 Å². The lowest BCUT2D eigenvalue weighted by atomic mass is 10.0. The third-order valence-corrected chi connectivity index (χ3v) is 3.11. The fourth-order valence-electron chi connectivity index (χ4n) is 1.87. The first-order valence-corrected chi connectivity index (χ1v) is 5.99. The number of nitrogens with one attached hydrogen (secondary N) is 2. The van der Waals surface area contributed by atoms with Crippen LogP contribution in [-0.4, -0.2) is 34.8 Å². The largest absolute Gasteiger partial charge is 0.325 e. The van der Waals surface area contributed by atoms with Gasteiger partial charge in [0.2, 0.25) is 5.91 Å². The molecule has 0 radical (unpaired) electrons. The zero-order valence-electron chi connectivity index (χ0n) is 11.1. The van der Waals surface area contributed by atoms with Gasteiger partial charge in [0.25, 0.3) is 5.91 Å². The van der Waals surface area contributed by atoms with Crippen LogP contribution < -0.4 is 10.6 Å². The molecule has 6 nitrogen and oxygen atoms in total. The van der Waals surface area contributed by atoms with Crippen molar-refractivity contribution >= 4 is 23.5 Å². The normalized spacial score (nSPS) is 17.1. The monoisotopic (exact) mass is 279 g/mol. The first-order chi connectivity index (χ1) is 9.30. The zero-order valence-corrected chi connectivity index (χ0v) is 11.1. The number of amides is 4. The molecule has 0 spiro atoms. The van der Waals surface area contributed by atoms with Crippen LogP contribution in [-0.2, 0) is 9.59 Å². The summed E-state index contributed by atoms with van der Waals surface area (Å²) >= 11 is 0. The maximum Gasteiger partial charge on any atom is 0.325 e. The molecular formula is C13H14FN3O3. The number of rotatable bonds is 3. The van der Waals surface area contributed by atoms with Gasteiger partial charge in [0.05, 0.1) is 0 Å². The molecule has 2 N–H and O–H groups in total. The van der Waals surface area contributed by atoms with E-state index < -0.39 is 29.2 Å². The van der Waals surface area contributed by atoms with Crippen LogP contribution in [0.25, 0.3) is 0 Å². The highest BCUT2D eigenvalue weighted by atomic mass is 19.1. The Hall–Kier alpha value is -2.44. The SMILES string of the molecule is CC1(C)C(=O)NC(=O)N1CC(=O)Nc1cccc(F)c1. The Balaban J connectivity index is 2.05. The van der Waals surface area contributed by atoms with Gasteiger partial charge in [-0.25, -0.2) is 9.18 Å². The second kappa shape index (κ2) is 4.92. The molecule has 1 heterocycles. The van der Waals surface area contributed by atoms with Crippen molar-refractivity contribution < 1.29 is 18.8 Å². The molecule has 20 heavy (non-hydrogen) atoms. The molecule has 0 saturated carbocycles. The van der Waals surface area contributed by atoms with Crippen molar-refractivity contribution in [2.24, 2.45) is 0 Å². The van der Waals surface area contributed by atoms with Gasteiger partial charge in [0.1, 0.15) is 17.9 Å². The predicted molar refractivity (Wildman–Crippen MR) is 69.4 cm³/mol. The number of urea groups is 1. The van der Waals surface area contributed by atoms with Gasteiger partial charge in [-0.1, -0.05) is 6.07 Å². The second-order valence-electron chi connectivity index (χ2n) is 4.96. The van der Waals surface area contributed by atoms with Gasteiger partial charge in [0.15, 0.2) is 0 Å². The number of nitrogens with zero attached hydrogens (tertiary/aromatic N) is 1. The van der Waals surface area contributed by atoms with Crippen molar-refractivity contribution in [1.82, 2.24) is 10.2 Å². The molecule has 7 heteroatoms. The van der Waals surface area contributed by atoms with Gasteiger partial charge in [-0.05, 0) is 32.0 Å².